The van der Waals surface area contributed by atoms with E-state index in [-0.39, 0.29) is 0 Å². The van der Waals surface area contributed by atoms with Gasteiger partial charge >= 0.3 is 0 Å². The summed E-state index contributed by atoms with van der Waals surface area (Å²) in [5.41, 5.74) is 1.96. The highest BCUT2D eigenvalue weighted by molar-refractivity contribution is 6.30. The zero-order valence-corrected chi connectivity index (χ0v) is 15.2. The van der Waals surface area contributed by atoms with Crippen LogP contribution in [0.1, 0.15) is 18.9 Å². The summed E-state index contributed by atoms with van der Waals surface area (Å²) >= 11 is 5.88. The van der Waals surface area contributed by atoms with Crippen LogP contribution in [0.4, 0.5) is 17.5 Å². The minimum atomic E-state index is 0.492. The van der Waals surface area contributed by atoms with Crippen LogP contribution in [-0.2, 0) is 6.61 Å². The molecule has 0 saturated carbocycles. The molecular formula is C19H20ClN5O. The largest absolute Gasteiger partial charge is 0.489 e. The van der Waals surface area contributed by atoms with Crippen molar-refractivity contribution in [1.29, 1.82) is 0 Å². The van der Waals surface area contributed by atoms with Crippen LogP contribution in [0.5, 0.6) is 5.75 Å². The van der Waals surface area contributed by atoms with Crippen molar-refractivity contribution in [1.82, 2.24) is 15.2 Å². The molecule has 0 unspecified atom stereocenters. The third-order valence-corrected chi connectivity index (χ3v) is 3.79. The molecule has 0 bridgehead atoms. The molecule has 0 saturated heterocycles. The first-order valence-corrected chi connectivity index (χ1v) is 8.78. The van der Waals surface area contributed by atoms with Crippen molar-refractivity contribution in [3.63, 3.8) is 0 Å². The highest BCUT2D eigenvalue weighted by atomic mass is 35.5. The molecule has 6 nitrogen and oxygen atoms in total. The second-order valence-corrected chi connectivity index (χ2v) is 6.09. The van der Waals surface area contributed by atoms with Crippen LogP contribution in [0.15, 0.2) is 54.7 Å². The maximum Gasteiger partial charge on any atom is 0.244 e. The number of aromatic nitrogens is 3. The first kappa shape index (κ1) is 17.9. The van der Waals surface area contributed by atoms with Crippen LogP contribution in [-0.4, -0.2) is 21.7 Å². The van der Waals surface area contributed by atoms with E-state index in [1.807, 2.05) is 48.5 Å². The van der Waals surface area contributed by atoms with Gasteiger partial charge < -0.3 is 15.4 Å². The minimum Gasteiger partial charge on any atom is -0.489 e. The lowest BCUT2D eigenvalue weighted by atomic mass is 10.2. The lowest BCUT2D eigenvalue weighted by Crippen LogP contribution is -2.06. The Bertz CT molecular complexity index is 824. The average Bonchev–Trinajstić information content (AvgIpc) is 2.67. The normalized spacial score (nSPS) is 10.4. The molecule has 1 heterocycles. The SMILES string of the molecule is CCCNc1nncc(Nc2ccc(OCc3ccc(Cl)cc3)cc2)n1. The summed E-state index contributed by atoms with van der Waals surface area (Å²) in [6.07, 6.45) is 2.58. The Labute approximate surface area is 157 Å². The van der Waals surface area contributed by atoms with Gasteiger partial charge in [-0.25, -0.2) is 0 Å². The van der Waals surface area contributed by atoms with Gasteiger partial charge in [0.1, 0.15) is 12.4 Å². The number of anilines is 3. The average molecular weight is 370 g/mol. The molecule has 0 radical (unpaired) electrons. The van der Waals surface area contributed by atoms with E-state index in [4.69, 9.17) is 16.3 Å². The third-order valence-electron chi connectivity index (χ3n) is 3.54. The Morgan fingerprint density at radius 1 is 1.04 bits per heavy atom. The van der Waals surface area contributed by atoms with Crippen LogP contribution < -0.4 is 15.4 Å². The van der Waals surface area contributed by atoms with Gasteiger partial charge in [0.2, 0.25) is 5.95 Å². The van der Waals surface area contributed by atoms with Crippen LogP contribution in [0, 0.1) is 0 Å². The van der Waals surface area contributed by atoms with Crippen molar-refractivity contribution < 1.29 is 4.74 Å². The Morgan fingerprint density at radius 3 is 2.54 bits per heavy atom. The number of halogens is 1. The molecule has 0 aliphatic rings. The summed E-state index contributed by atoms with van der Waals surface area (Å²) in [4.78, 5) is 4.37. The van der Waals surface area contributed by atoms with E-state index in [0.717, 1.165) is 35.0 Å². The highest BCUT2D eigenvalue weighted by Crippen LogP contribution is 2.20. The molecule has 3 rings (SSSR count). The monoisotopic (exact) mass is 369 g/mol. The summed E-state index contributed by atoms with van der Waals surface area (Å²) in [6.45, 7) is 3.39. The summed E-state index contributed by atoms with van der Waals surface area (Å²) in [7, 11) is 0. The molecule has 0 aliphatic carbocycles. The molecule has 3 aromatic rings. The van der Waals surface area contributed by atoms with Gasteiger partial charge in [-0.1, -0.05) is 30.7 Å². The van der Waals surface area contributed by atoms with E-state index in [1.165, 1.54) is 0 Å². The molecular weight excluding hydrogens is 350 g/mol. The number of rotatable bonds is 8. The van der Waals surface area contributed by atoms with Gasteiger partial charge in [-0.05, 0) is 48.4 Å². The number of nitrogens with one attached hydrogen (secondary N) is 2. The fourth-order valence-corrected chi connectivity index (χ4v) is 2.33. The van der Waals surface area contributed by atoms with Crippen molar-refractivity contribution in [3.05, 3.63) is 65.3 Å². The van der Waals surface area contributed by atoms with Crippen LogP contribution in [0.25, 0.3) is 0 Å². The molecule has 2 aromatic carbocycles. The second-order valence-electron chi connectivity index (χ2n) is 5.66. The molecule has 134 valence electrons. The van der Waals surface area contributed by atoms with Crippen LogP contribution in [0.2, 0.25) is 5.02 Å². The van der Waals surface area contributed by atoms with Crippen molar-refractivity contribution in [2.24, 2.45) is 0 Å². The van der Waals surface area contributed by atoms with E-state index in [1.54, 1.807) is 6.20 Å². The number of nitrogens with zero attached hydrogens (tertiary/aromatic N) is 3. The van der Waals surface area contributed by atoms with Crippen LogP contribution >= 0.6 is 11.6 Å². The lowest BCUT2D eigenvalue weighted by molar-refractivity contribution is 0.306. The van der Waals surface area contributed by atoms with Gasteiger partial charge in [0.05, 0.1) is 6.20 Å². The van der Waals surface area contributed by atoms with Crippen molar-refractivity contribution in [3.8, 4) is 5.75 Å². The Morgan fingerprint density at radius 2 is 1.81 bits per heavy atom. The lowest BCUT2D eigenvalue weighted by Gasteiger charge is -2.09. The maximum absolute atomic E-state index is 5.88. The number of hydrogen-bond donors (Lipinski definition) is 2. The fraction of sp³-hybridized carbons (Fsp3) is 0.211. The molecule has 7 heteroatoms. The quantitative estimate of drug-likeness (QED) is 0.601. The molecule has 1 aromatic heterocycles. The number of benzene rings is 2. The standard InChI is InChI=1S/C19H20ClN5O/c1-2-11-21-19-24-18(12-22-25-19)23-16-7-9-17(10-8-16)26-13-14-3-5-15(20)6-4-14/h3-10,12H,2,11,13H2,1H3,(H2,21,23,24,25). The molecule has 0 spiro atoms. The minimum absolute atomic E-state index is 0.492. The smallest absolute Gasteiger partial charge is 0.244 e. The molecule has 26 heavy (non-hydrogen) atoms. The zero-order chi connectivity index (χ0) is 18.2. The van der Waals surface area contributed by atoms with E-state index in [0.29, 0.717) is 18.4 Å². The zero-order valence-electron chi connectivity index (χ0n) is 14.4. The fourth-order valence-electron chi connectivity index (χ4n) is 2.21. The van der Waals surface area contributed by atoms with Crippen molar-refractivity contribution >= 4 is 29.1 Å². The number of hydrogen-bond acceptors (Lipinski definition) is 6. The van der Waals surface area contributed by atoms with Gasteiger partial charge in [0.15, 0.2) is 5.82 Å². The predicted molar refractivity (Wildman–Crippen MR) is 104 cm³/mol. The molecule has 2 N–H and O–H groups in total. The Balaban J connectivity index is 1.56. The predicted octanol–water partition coefficient (Wildman–Crippen LogP) is 4.67. The summed E-state index contributed by atoms with van der Waals surface area (Å²) in [6, 6.07) is 15.3. The Kier molecular flexibility index (Phi) is 6.22. The molecule has 0 atom stereocenters. The topological polar surface area (TPSA) is 72.0 Å². The van der Waals surface area contributed by atoms with E-state index in [2.05, 4.69) is 32.7 Å². The van der Waals surface area contributed by atoms with Gasteiger partial charge in [0.25, 0.3) is 0 Å². The van der Waals surface area contributed by atoms with Crippen LogP contribution in [0.3, 0.4) is 0 Å². The first-order chi connectivity index (χ1) is 12.7. The molecule has 0 amide bonds. The Hall–Kier alpha value is -2.86. The maximum atomic E-state index is 5.88. The van der Waals surface area contributed by atoms with E-state index >= 15 is 0 Å². The van der Waals surface area contributed by atoms with Crippen molar-refractivity contribution in [2.45, 2.75) is 20.0 Å². The third kappa shape index (κ3) is 5.32. The van der Waals surface area contributed by atoms with Gasteiger partial charge in [0, 0.05) is 17.3 Å². The second kappa shape index (κ2) is 9.01. The van der Waals surface area contributed by atoms with Gasteiger partial charge in [-0.15, -0.1) is 5.10 Å². The molecule has 0 aliphatic heterocycles. The summed E-state index contributed by atoms with van der Waals surface area (Å²) in [5, 5.41) is 14.9. The highest BCUT2D eigenvalue weighted by Gasteiger charge is 2.02. The molecule has 0 fully saturated rings. The van der Waals surface area contributed by atoms with Gasteiger partial charge in [-0.3, -0.25) is 0 Å². The van der Waals surface area contributed by atoms with E-state index in [9.17, 15) is 0 Å². The summed E-state index contributed by atoms with van der Waals surface area (Å²) in [5.74, 6) is 1.94. The van der Waals surface area contributed by atoms with Gasteiger partial charge in [-0.2, -0.15) is 10.1 Å². The first-order valence-electron chi connectivity index (χ1n) is 8.41. The van der Waals surface area contributed by atoms with Crippen molar-refractivity contribution in [2.75, 3.05) is 17.2 Å². The van der Waals surface area contributed by atoms with E-state index < -0.39 is 0 Å². The number of ether oxygens (including phenoxy) is 1. The summed E-state index contributed by atoms with van der Waals surface area (Å²) < 4.78 is 5.78.